The van der Waals surface area contributed by atoms with Gasteiger partial charge in [-0.3, -0.25) is 19.5 Å². The first-order valence-corrected chi connectivity index (χ1v) is 8.21. The average Bonchev–Trinajstić information content (AvgIpc) is 2.50. The Kier molecular flexibility index (Phi) is 4.35. The first-order chi connectivity index (χ1) is 11.0. The summed E-state index contributed by atoms with van der Waals surface area (Å²) in [5.41, 5.74) is 1.99. The summed E-state index contributed by atoms with van der Waals surface area (Å²) in [5, 5.41) is 2.89. The molecule has 6 nitrogen and oxygen atoms in total. The van der Waals surface area contributed by atoms with Gasteiger partial charge in [0, 0.05) is 31.9 Å². The zero-order chi connectivity index (χ0) is 16.6. The van der Waals surface area contributed by atoms with Gasteiger partial charge in [0.25, 0.3) is 0 Å². The Morgan fingerprint density at radius 2 is 2.09 bits per heavy atom. The maximum Gasteiger partial charge on any atom is 0.246 e. The number of aryl methyl sites for hydroxylation is 1. The van der Waals surface area contributed by atoms with E-state index in [1.54, 1.807) is 4.90 Å². The number of nitrogens with zero attached hydrogens (tertiary/aromatic N) is 3. The van der Waals surface area contributed by atoms with Crippen molar-refractivity contribution in [2.24, 2.45) is 5.92 Å². The van der Waals surface area contributed by atoms with Crippen molar-refractivity contribution in [2.75, 3.05) is 19.6 Å². The highest BCUT2D eigenvalue weighted by Gasteiger charge is 2.44. The predicted octanol–water partition coefficient (Wildman–Crippen LogP) is 0.557. The Bertz CT molecular complexity index is 616. The molecule has 1 aromatic rings. The van der Waals surface area contributed by atoms with E-state index < -0.39 is 0 Å². The van der Waals surface area contributed by atoms with E-state index in [4.69, 9.17) is 0 Å². The van der Waals surface area contributed by atoms with Gasteiger partial charge in [0.05, 0.1) is 5.69 Å². The standard InChI is InChI=1S/C17H24N4O2/c1-11(2)15-17(23)21-8-7-20(10-14(21)16(22)19-15)9-13-6-4-5-12(3)18-13/h4-6,11,14-15H,7-10H2,1-3H3,(H,19,22)/t14-,15+/m1/s1. The minimum absolute atomic E-state index is 0.0369. The van der Waals surface area contributed by atoms with E-state index in [9.17, 15) is 9.59 Å². The molecule has 0 bridgehead atoms. The van der Waals surface area contributed by atoms with Crippen LogP contribution in [0.15, 0.2) is 18.2 Å². The van der Waals surface area contributed by atoms with Crippen molar-refractivity contribution in [2.45, 2.75) is 39.4 Å². The molecule has 2 aliphatic heterocycles. The van der Waals surface area contributed by atoms with Crippen LogP contribution in [-0.4, -0.2) is 58.3 Å². The summed E-state index contributed by atoms with van der Waals surface area (Å²) < 4.78 is 0. The molecule has 3 rings (SSSR count). The van der Waals surface area contributed by atoms with Crippen molar-refractivity contribution in [3.8, 4) is 0 Å². The largest absolute Gasteiger partial charge is 0.342 e. The van der Waals surface area contributed by atoms with Crippen LogP contribution in [0.3, 0.4) is 0 Å². The fraction of sp³-hybridized carbons (Fsp3) is 0.588. The lowest BCUT2D eigenvalue weighted by molar-refractivity contribution is -0.154. The summed E-state index contributed by atoms with van der Waals surface area (Å²) in [6.07, 6.45) is 0. The van der Waals surface area contributed by atoms with E-state index >= 15 is 0 Å². The van der Waals surface area contributed by atoms with Crippen LogP contribution in [0.4, 0.5) is 0 Å². The molecule has 23 heavy (non-hydrogen) atoms. The molecule has 124 valence electrons. The van der Waals surface area contributed by atoms with Gasteiger partial charge in [-0.2, -0.15) is 0 Å². The van der Waals surface area contributed by atoms with Crippen LogP contribution in [0.2, 0.25) is 0 Å². The maximum absolute atomic E-state index is 12.5. The molecule has 2 amide bonds. The quantitative estimate of drug-likeness (QED) is 0.885. The number of pyridine rings is 1. The highest BCUT2D eigenvalue weighted by Crippen LogP contribution is 2.20. The first-order valence-electron chi connectivity index (χ1n) is 8.21. The molecule has 6 heteroatoms. The van der Waals surface area contributed by atoms with Crippen LogP contribution in [-0.2, 0) is 16.1 Å². The smallest absolute Gasteiger partial charge is 0.246 e. The number of carbonyl (C=O) groups excluding carboxylic acids is 2. The number of amides is 2. The van der Waals surface area contributed by atoms with Gasteiger partial charge in [-0.05, 0) is 25.0 Å². The molecule has 0 unspecified atom stereocenters. The first kappa shape index (κ1) is 15.9. The fourth-order valence-electron chi connectivity index (χ4n) is 3.33. The van der Waals surface area contributed by atoms with Gasteiger partial charge >= 0.3 is 0 Å². The number of carbonyl (C=O) groups is 2. The zero-order valence-electron chi connectivity index (χ0n) is 14.0. The predicted molar refractivity (Wildman–Crippen MR) is 86.5 cm³/mol. The Labute approximate surface area is 136 Å². The van der Waals surface area contributed by atoms with Crippen LogP contribution in [0, 0.1) is 12.8 Å². The van der Waals surface area contributed by atoms with E-state index in [-0.39, 0.29) is 29.8 Å². The van der Waals surface area contributed by atoms with Gasteiger partial charge in [0.2, 0.25) is 11.8 Å². The molecule has 2 saturated heterocycles. The Hall–Kier alpha value is -1.95. The second-order valence-electron chi connectivity index (χ2n) is 6.78. The Morgan fingerprint density at radius 1 is 1.30 bits per heavy atom. The fourth-order valence-corrected chi connectivity index (χ4v) is 3.33. The lowest BCUT2D eigenvalue weighted by atomic mass is 9.96. The molecule has 2 aliphatic rings. The normalized spacial score (nSPS) is 25.5. The highest BCUT2D eigenvalue weighted by atomic mass is 16.2. The van der Waals surface area contributed by atoms with Crippen LogP contribution in [0.25, 0.3) is 0 Å². The number of piperazine rings is 2. The summed E-state index contributed by atoms with van der Waals surface area (Å²) in [6.45, 7) is 8.55. The molecule has 0 aromatic carbocycles. The second-order valence-corrected chi connectivity index (χ2v) is 6.78. The van der Waals surface area contributed by atoms with Gasteiger partial charge in [-0.1, -0.05) is 19.9 Å². The lowest BCUT2D eigenvalue weighted by Crippen LogP contribution is -2.70. The van der Waals surface area contributed by atoms with Gasteiger partial charge in [0.15, 0.2) is 0 Å². The number of rotatable bonds is 3. The third-order valence-electron chi connectivity index (χ3n) is 4.61. The minimum atomic E-state index is -0.385. The Balaban J connectivity index is 1.69. The molecule has 0 aliphatic carbocycles. The van der Waals surface area contributed by atoms with E-state index in [1.165, 1.54) is 0 Å². The van der Waals surface area contributed by atoms with Crippen LogP contribution in [0.1, 0.15) is 25.2 Å². The monoisotopic (exact) mass is 316 g/mol. The van der Waals surface area contributed by atoms with Crippen molar-refractivity contribution in [3.05, 3.63) is 29.6 Å². The molecule has 1 N–H and O–H groups in total. The molecule has 0 saturated carbocycles. The molecule has 2 fully saturated rings. The summed E-state index contributed by atoms with van der Waals surface area (Å²) in [6, 6.07) is 5.21. The number of hydrogen-bond donors (Lipinski definition) is 1. The van der Waals surface area contributed by atoms with Crippen LogP contribution >= 0.6 is 0 Å². The van der Waals surface area contributed by atoms with Gasteiger partial charge in [-0.15, -0.1) is 0 Å². The van der Waals surface area contributed by atoms with Crippen molar-refractivity contribution in [3.63, 3.8) is 0 Å². The van der Waals surface area contributed by atoms with Crippen LogP contribution < -0.4 is 5.32 Å². The number of aromatic nitrogens is 1. The average molecular weight is 316 g/mol. The number of nitrogens with one attached hydrogen (secondary N) is 1. The van der Waals surface area contributed by atoms with E-state index in [1.807, 2.05) is 39.0 Å². The highest BCUT2D eigenvalue weighted by molar-refractivity contribution is 5.97. The van der Waals surface area contributed by atoms with E-state index in [0.717, 1.165) is 17.9 Å². The molecule has 3 heterocycles. The second kappa shape index (κ2) is 6.28. The number of hydrogen-bond acceptors (Lipinski definition) is 4. The molecular weight excluding hydrogens is 292 g/mol. The topological polar surface area (TPSA) is 65.5 Å². The summed E-state index contributed by atoms with van der Waals surface area (Å²) >= 11 is 0. The Morgan fingerprint density at radius 3 is 2.78 bits per heavy atom. The van der Waals surface area contributed by atoms with Crippen LogP contribution in [0.5, 0.6) is 0 Å². The van der Waals surface area contributed by atoms with E-state index in [2.05, 4.69) is 15.2 Å². The summed E-state index contributed by atoms with van der Waals surface area (Å²) in [7, 11) is 0. The van der Waals surface area contributed by atoms with Crippen molar-refractivity contribution >= 4 is 11.8 Å². The minimum Gasteiger partial charge on any atom is -0.342 e. The lowest BCUT2D eigenvalue weighted by Gasteiger charge is -2.46. The summed E-state index contributed by atoms with van der Waals surface area (Å²) in [4.78, 5) is 33.4. The molecular formula is C17H24N4O2. The van der Waals surface area contributed by atoms with Crippen molar-refractivity contribution in [1.29, 1.82) is 0 Å². The molecule has 0 spiro atoms. The van der Waals surface area contributed by atoms with Gasteiger partial charge in [0.1, 0.15) is 12.1 Å². The van der Waals surface area contributed by atoms with Gasteiger partial charge < -0.3 is 10.2 Å². The van der Waals surface area contributed by atoms with Crippen molar-refractivity contribution in [1.82, 2.24) is 20.1 Å². The maximum atomic E-state index is 12.5. The molecule has 2 atom stereocenters. The van der Waals surface area contributed by atoms with Gasteiger partial charge in [-0.25, -0.2) is 0 Å². The SMILES string of the molecule is Cc1cccc(CN2CCN3C(=O)[C@H](C(C)C)NC(=O)[C@H]3C2)n1. The third-order valence-corrected chi connectivity index (χ3v) is 4.61. The van der Waals surface area contributed by atoms with E-state index in [0.29, 0.717) is 19.6 Å². The molecule has 0 radical (unpaired) electrons. The van der Waals surface area contributed by atoms with Crippen molar-refractivity contribution < 1.29 is 9.59 Å². The molecule has 1 aromatic heterocycles. The number of fused-ring (bicyclic) bond motifs is 1. The third kappa shape index (κ3) is 3.22. The zero-order valence-corrected chi connectivity index (χ0v) is 14.0. The summed E-state index contributed by atoms with van der Waals surface area (Å²) in [5.74, 6) is 0.130.